The molecule has 2 aromatic rings. The lowest BCUT2D eigenvalue weighted by Crippen LogP contribution is -2.43. The number of urea groups is 1. The number of para-hydroxylation sites is 1. The van der Waals surface area contributed by atoms with Crippen molar-refractivity contribution in [3.8, 4) is 5.69 Å². The van der Waals surface area contributed by atoms with Crippen molar-refractivity contribution in [2.75, 3.05) is 31.6 Å². The van der Waals surface area contributed by atoms with Gasteiger partial charge in [-0.15, -0.1) is 0 Å². The molecule has 27 heavy (non-hydrogen) atoms. The van der Waals surface area contributed by atoms with Gasteiger partial charge in [0, 0.05) is 6.54 Å². The van der Waals surface area contributed by atoms with E-state index in [1.165, 1.54) is 6.20 Å². The van der Waals surface area contributed by atoms with Crippen molar-refractivity contribution in [2.45, 2.75) is 25.7 Å². The first-order valence-electron chi connectivity index (χ1n) is 8.63. The van der Waals surface area contributed by atoms with Crippen LogP contribution in [0.3, 0.4) is 0 Å². The lowest BCUT2D eigenvalue weighted by molar-refractivity contribution is -0.0648. The van der Waals surface area contributed by atoms with E-state index in [4.69, 9.17) is 16.3 Å². The zero-order valence-electron chi connectivity index (χ0n) is 15.1. The van der Waals surface area contributed by atoms with Gasteiger partial charge in [0.25, 0.3) is 5.92 Å². The summed E-state index contributed by atoms with van der Waals surface area (Å²) in [5.41, 5.74) is 1.87. The highest BCUT2D eigenvalue weighted by Gasteiger charge is 2.36. The van der Waals surface area contributed by atoms with Crippen molar-refractivity contribution in [3.05, 3.63) is 41.2 Å². The average Bonchev–Trinajstić information content (AvgIpc) is 2.91. The Hall–Kier alpha value is -2.19. The monoisotopic (exact) mass is 398 g/mol. The maximum absolute atomic E-state index is 13.7. The molecule has 1 N–H and O–H groups in total. The Morgan fingerprint density at radius 3 is 2.81 bits per heavy atom. The quantitative estimate of drug-likeness (QED) is 0.845. The maximum atomic E-state index is 13.7. The predicted molar refractivity (Wildman–Crippen MR) is 99.0 cm³/mol. The number of benzene rings is 1. The minimum atomic E-state index is -3.07. The van der Waals surface area contributed by atoms with E-state index >= 15 is 0 Å². The molecule has 0 unspecified atom stereocenters. The van der Waals surface area contributed by atoms with Gasteiger partial charge >= 0.3 is 6.03 Å². The Bertz CT molecular complexity index is 825. The molecule has 2 amide bonds. The molecule has 0 radical (unpaired) electrons. The predicted octanol–water partition coefficient (Wildman–Crippen LogP) is 4.15. The molecule has 0 spiro atoms. The summed E-state index contributed by atoms with van der Waals surface area (Å²) in [7, 11) is 0. The number of nitrogens with one attached hydrogen (secondary N) is 1. The summed E-state index contributed by atoms with van der Waals surface area (Å²) < 4.78 is 34.0. The number of alkyl halides is 2. The third kappa shape index (κ3) is 4.39. The fourth-order valence-corrected chi connectivity index (χ4v) is 3.21. The third-order valence-electron chi connectivity index (χ3n) is 4.20. The Morgan fingerprint density at radius 1 is 1.37 bits per heavy atom. The SMILES string of the molecule is CC(C)c1c(NC(=O)N2CCOCC(F)(F)C2)cnn1-c1ccccc1Cl. The molecule has 1 aromatic carbocycles. The van der Waals surface area contributed by atoms with Gasteiger partial charge in [0.1, 0.15) is 6.61 Å². The van der Waals surface area contributed by atoms with Gasteiger partial charge in [0.15, 0.2) is 0 Å². The smallest absolute Gasteiger partial charge is 0.322 e. The Balaban J connectivity index is 1.87. The lowest BCUT2D eigenvalue weighted by Gasteiger charge is -2.23. The number of nitrogens with zero attached hydrogens (tertiary/aromatic N) is 3. The van der Waals surface area contributed by atoms with E-state index in [1.807, 2.05) is 32.0 Å². The summed E-state index contributed by atoms with van der Waals surface area (Å²) in [6, 6.07) is 6.61. The molecular weight excluding hydrogens is 378 g/mol. The number of hydrogen-bond donors (Lipinski definition) is 1. The zero-order chi connectivity index (χ0) is 19.6. The first kappa shape index (κ1) is 19.6. The topological polar surface area (TPSA) is 59.4 Å². The highest BCUT2D eigenvalue weighted by molar-refractivity contribution is 6.32. The summed E-state index contributed by atoms with van der Waals surface area (Å²) in [6.45, 7) is 2.70. The number of carbonyl (C=O) groups is 1. The lowest BCUT2D eigenvalue weighted by atomic mass is 10.1. The highest BCUT2D eigenvalue weighted by Crippen LogP contribution is 2.30. The van der Waals surface area contributed by atoms with E-state index < -0.39 is 25.1 Å². The molecular formula is C18H21ClF2N4O2. The van der Waals surface area contributed by atoms with Crippen LogP contribution in [0.2, 0.25) is 5.02 Å². The second kappa shape index (κ2) is 7.82. The van der Waals surface area contributed by atoms with Gasteiger partial charge in [-0.3, -0.25) is 0 Å². The highest BCUT2D eigenvalue weighted by atomic mass is 35.5. The molecule has 146 valence electrons. The summed E-state index contributed by atoms with van der Waals surface area (Å²) >= 11 is 6.27. The molecule has 6 nitrogen and oxygen atoms in total. The first-order chi connectivity index (χ1) is 12.8. The zero-order valence-corrected chi connectivity index (χ0v) is 15.8. The first-order valence-corrected chi connectivity index (χ1v) is 9.00. The molecule has 0 aliphatic carbocycles. The van der Waals surface area contributed by atoms with E-state index in [9.17, 15) is 13.6 Å². The van der Waals surface area contributed by atoms with E-state index in [1.54, 1.807) is 10.7 Å². The van der Waals surface area contributed by atoms with E-state index in [0.717, 1.165) is 10.6 Å². The third-order valence-corrected chi connectivity index (χ3v) is 4.52. The number of rotatable bonds is 3. The van der Waals surface area contributed by atoms with Crippen LogP contribution in [0, 0.1) is 0 Å². The average molecular weight is 399 g/mol. The van der Waals surface area contributed by atoms with Crippen LogP contribution >= 0.6 is 11.6 Å². The number of carbonyl (C=O) groups excluding carboxylic acids is 1. The van der Waals surface area contributed by atoms with Gasteiger partial charge in [-0.25, -0.2) is 18.3 Å². The molecule has 3 rings (SSSR count). The van der Waals surface area contributed by atoms with Crippen molar-refractivity contribution < 1.29 is 18.3 Å². The van der Waals surface area contributed by atoms with E-state index in [-0.39, 0.29) is 19.1 Å². The second-order valence-corrected chi connectivity index (χ2v) is 7.13. The Morgan fingerprint density at radius 2 is 2.11 bits per heavy atom. The van der Waals surface area contributed by atoms with Gasteiger partial charge in [0.05, 0.1) is 41.4 Å². The fourth-order valence-electron chi connectivity index (χ4n) is 2.99. The van der Waals surface area contributed by atoms with Crippen molar-refractivity contribution in [2.24, 2.45) is 0 Å². The minimum Gasteiger partial charge on any atom is -0.373 e. The van der Waals surface area contributed by atoms with Crippen LogP contribution in [0.25, 0.3) is 5.69 Å². The van der Waals surface area contributed by atoms with Gasteiger partial charge in [-0.2, -0.15) is 5.10 Å². The molecule has 0 bridgehead atoms. The van der Waals surface area contributed by atoms with Crippen LogP contribution < -0.4 is 5.32 Å². The van der Waals surface area contributed by atoms with Gasteiger partial charge < -0.3 is 15.0 Å². The summed E-state index contributed by atoms with van der Waals surface area (Å²) in [4.78, 5) is 13.6. The van der Waals surface area contributed by atoms with Crippen LogP contribution in [0.15, 0.2) is 30.5 Å². The van der Waals surface area contributed by atoms with Gasteiger partial charge in [0.2, 0.25) is 0 Å². The number of aromatic nitrogens is 2. The minimum absolute atomic E-state index is 0.00739. The molecule has 1 saturated heterocycles. The number of ether oxygens (including phenoxy) is 1. The molecule has 1 fully saturated rings. The van der Waals surface area contributed by atoms with Crippen LogP contribution in [0.5, 0.6) is 0 Å². The van der Waals surface area contributed by atoms with Crippen LogP contribution in [-0.2, 0) is 4.74 Å². The summed E-state index contributed by atoms with van der Waals surface area (Å²) in [5.74, 6) is -3.07. The molecule has 1 aliphatic heterocycles. The van der Waals surface area contributed by atoms with Gasteiger partial charge in [-0.1, -0.05) is 37.6 Å². The van der Waals surface area contributed by atoms with Crippen molar-refractivity contribution in [3.63, 3.8) is 0 Å². The maximum Gasteiger partial charge on any atom is 0.322 e. The van der Waals surface area contributed by atoms with Crippen LogP contribution in [0.4, 0.5) is 19.3 Å². The van der Waals surface area contributed by atoms with Crippen molar-refractivity contribution in [1.29, 1.82) is 0 Å². The Labute approximate surface area is 161 Å². The largest absolute Gasteiger partial charge is 0.373 e. The van der Waals surface area contributed by atoms with Crippen molar-refractivity contribution in [1.82, 2.24) is 14.7 Å². The van der Waals surface area contributed by atoms with Crippen molar-refractivity contribution >= 4 is 23.3 Å². The number of anilines is 1. The number of amides is 2. The standard InChI is InChI=1S/C18H21ClF2N4O2/c1-12(2)16-14(9-22-25(16)15-6-4-3-5-13(15)19)23-17(26)24-7-8-27-11-18(20,21)10-24/h3-6,9,12H,7-8,10-11H2,1-2H3,(H,23,26). The molecule has 0 atom stereocenters. The van der Waals surface area contributed by atoms with Crippen LogP contribution in [-0.4, -0.2) is 52.9 Å². The molecule has 2 heterocycles. The van der Waals surface area contributed by atoms with E-state index in [2.05, 4.69) is 10.4 Å². The Kier molecular flexibility index (Phi) is 5.67. The fraction of sp³-hybridized carbons (Fsp3) is 0.444. The van der Waals surface area contributed by atoms with Gasteiger partial charge in [-0.05, 0) is 18.1 Å². The molecule has 9 heteroatoms. The summed E-state index contributed by atoms with van der Waals surface area (Å²) in [5, 5.41) is 7.57. The van der Waals surface area contributed by atoms with E-state index in [0.29, 0.717) is 16.4 Å². The molecule has 0 saturated carbocycles. The molecule has 1 aromatic heterocycles. The second-order valence-electron chi connectivity index (χ2n) is 6.72. The molecule has 1 aliphatic rings. The van der Waals surface area contributed by atoms with Crippen LogP contribution in [0.1, 0.15) is 25.5 Å². The number of hydrogen-bond acceptors (Lipinski definition) is 3. The number of halogens is 3. The summed E-state index contributed by atoms with van der Waals surface area (Å²) in [6.07, 6.45) is 1.50. The normalized spacial score (nSPS) is 17.0.